The van der Waals surface area contributed by atoms with Crippen molar-refractivity contribution in [3.05, 3.63) is 63.6 Å². The number of hydrogen-bond donors (Lipinski definition) is 1. The van der Waals surface area contributed by atoms with Crippen LogP contribution in [0.2, 0.25) is 0 Å². The van der Waals surface area contributed by atoms with Crippen molar-refractivity contribution in [2.75, 3.05) is 0 Å². The predicted octanol–water partition coefficient (Wildman–Crippen LogP) is 4.34. The second-order valence-electron chi connectivity index (χ2n) is 6.38. The standard InChI is InChI=1S/C20H20BrN3O3S/c1-12-4-6-15(7-5-12)11-27-18-9-8-16(21)10-17(18)19-24(14(3)26)23-20(28-19)22-13(2)25/h4-10,19H,11H2,1-3H3,(H,22,23,25). The molecule has 1 N–H and O–H groups in total. The van der Waals surface area contributed by atoms with Crippen molar-refractivity contribution in [3.63, 3.8) is 0 Å². The van der Waals surface area contributed by atoms with E-state index in [1.165, 1.54) is 36.2 Å². The highest BCUT2D eigenvalue weighted by molar-refractivity contribution is 9.10. The number of carbonyl (C=O) groups excluding carboxylic acids is 2. The van der Waals surface area contributed by atoms with Gasteiger partial charge in [0, 0.05) is 23.9 Å². The van der Waals surface area contributed by atoms with Gasteiger partial charge in [-0.25, -0.2) is 5.01 Å². The maximum absolute atomic E-state index is 12.1. The van der Waals surface area contributed by atoms with Gasteiger partial charge in [0.15, 0.2) is 5.17 Å². The van der Waals surface area contributed by atoms with Crippen LogP contribution in [0.4, 0.5) is 0 Å². The number of carbonyl (C=O) groups is 2. The molecule has 6 nitrogen and oxygen atoms in total. The number of ether oxygens (including phenoxy) is 1. The van der Waals surface area contributed by atoms with Crippen LogP contribution in [-0.4, -0.2) is 22.0 Å². The van der Waals surface area contributed by atoms with Gasteiger partial charge in [0.2, 0.25) is 11.8 Å². The van der Waals surface area contributed by atoms with Gasteiger partial charge in [-0.05, 0) is 30.7 Å². The third-order valence-electron chi connectivity index (χ3n) is 4.00. The minimum atomic E-state index is -0.426. The summed E-state index contributed by atoms with van der Waals surface area (Å²) in [6, 6.07) is 13.8. The molecule has 2 amide bonds. The first-order valence-electron chi connectivity index (χ1n) is 8.64. The van der Waals surface area contributed by atoms with Crippen molar-refractivity contribution in [3.8, 4) is 5.75 Å². The third-order valence-corrected chi connectivity index (χ3v) is 5.58. The second kappa shape index (κ2) is 8.79. The molecule has 0 radical (unpaired) electrons. The van der Waals surface area contributed by atoms with Crippen molar-refractivity contribution in [1.29, 1.82) is 0 Å². The Morgan fingerprint density at radius 3 is 2.57 bits per heavy atom. The molecule has 2 aromatic rings. The summed E-state index contributed by atoms with van der Waals surface area (Å²) < 4.78 is 6.93. The van der Waals surface area contributed by atoms with Gasteiger partial charge in [-0.15, -0.1) is 5.10 Å². The van der Waals surface area contributed by atoms with Gasteiger partial charge in [-0.1, -0.05) is 57.5 Å². The number of amidine groups is 1. The molecule has 1 atom stereocenters. The Morgan fingerprint density at radius 1 is 1.21 bits per heavy atom. The Morgan fingerprint density at radius 2 is 1.93 bits per heavy atom. The zero-order valence-electron chi connectivity index (χ0n) is 15.7. The number of aryl methyl sites for hydroxylation is 1. The molecular weight excluding hydrogens is 442 g/mol. The topological polar surface area (TPSA) is 71.0 Å². The highest BCUT2D eigenvalue weighted by Gasteiger charge is 2.34. The molecule has 0 spiro atoms. The van der Waals surface area contributed by atoms with Gasteiger partial charge in [0.1, 0.15) is 17.7 Å². The molecule has 2 aromatic carbocycles. The molecule has 0 saturated carbocycles. The average Bonchev–Trinajstić information content (AvgIpc) is 3.05. The van der Waals surface area contributed by atoms with Crippen LogP contribution in [0.15, 0.2) is 52.0 Å². The number of hydrogen-bond acceptors (Lipinski definition) is 5. The Hall–Kier alpha value is -2.32. The van der Waals surface area contributed by atoms with E-state index in [2.05, 4.69) is 26.3 Å². The number of nitrogens with one attached hydrogen (secondary N) is 1. The Bertz CT molecular complexity index is 931. The maximum atomic E-state index is 12.1. The first-order chi connectivity index (χ1) is 13.3. The number of amides is 2. The number of halogens is 1. The molecule has 146 valence electrons. The minimum absolute atomic E-state index is 0.220. The SMILES string of the molecule is CC(=O)NC1=NN(C(C)=O)C(c2cc(Br)ccc2OCc2ccc(C)cc2)S1. The zero-order valence-corrected chi connectivity index (χ0v) is 18.1. The number of rotatable bonds is 4. The van der Waals surface area contributed by atoms with Gasteiger partial charge in [0.25, 0.3) is 0 Å². The number of benzene rings is 2. The normalized spacial score (nSPS) is 15.9. The first kappa shape index (κ1) is 20.4. The summed E-state index contributed by atoms with van der Waals surface area (Å²) in [7, 11) is 0. The fraction of sp³-hybridized carbons (Fsp3) is 0.250. The van der Waals surface area contributed by atoms with E-state index in [0.717, 1.165) is 15.6 Å². The van der Waals surface area contributed by atoms with Crippen LogP contribution in [-0.2, 0) is 16.2 Å². The van der Waals surface area contributed by atoms with Crippen LogP contribution in [0.1, 0.15) is 35.9 Å². The molecule has 0 saturated heterocycles. The molecule has 3 rings (SSSR count). The van der Waals surface area contributed by atoms with Gasteiger partial charge in [-0.3, -0.25) is 9.59 Å². The van der Waals surface area contributed by atoms with Crippen molar-refractivity contribution in [1.82, 2.24) is 10.3 Å². The quantitative estimate of drug-likeness (QED) is 0.734. The summed E-state index contributed by atoms with van der Waals surface area (Å²) in [5, 5.41) is 8.21. The lowest BCUT2D eigenvalue weighted by molar-refractivity contribution is -0.129. The molecule has 8 heteroatoms. The van der Waals surface area contributed by atoms with Crippen LogP contribution in [0.25, 0.3) is 0 Å². The summed E-state index contributed by atoms with van der Waals surface area (Å²) in [6.07, 6.45) is 0. The van der Waals surface area contributed by atoms with Gasteiger partial charge < -0.3 is 10.1 Å². The molecular formula is C20H20BrN3O3S. The maximum Gasteiger partial charge on any atom is 0.241 e. The second-order valence-corrected chi connectivity index (χ2v) is 8.36. The van der Waals surface area contributed by atoms with E-state index in [4.69, 9.17) is 4.74 Å². The monoisotopic (exact) mass is 461 g/mol. The van der Waals surface area contributed by atoms with Crippen molar-refractivity contribution in [2.24, 2.45) is 5.10 Å². The molecule has 28 heavy (non-hydrogen) atoms. The van der Waals surface area contributed by atoms with Crippen LogP contribution in [0.5, 0.6) is 5.75 Å². The predicted molar refractivity (Wildman–Crippen MR) is 114 cm³/mol. The first-order valence-corrected chi connectivity index (χ1v) is 10.3. The fourth-order valence-electron chi connectivity index (χ4n) is 2.65. The largest absolute Gasteiger partial charge is 0.489 e. The Balaban J connectivity index is 1.86. The Kier molecular flexibility index (Phi) is 6.41. The summed E-state index contributed by atoms with van der Waals surface area (Å²) in [4.78, 5) is 23.5. The van der Waals surface area contributed by atoms with E-state index >= 15 is 0 Å². The molecule has 0 aromatic heterocycles. The Labute approximate surface area is 176 Å². The van der Waals surface area contributed by atoms with Crippen molar-refractivity contribution in [2.45, 2.75) is 32.8 Å². The molecule has 0 bridgehead atoms. The van der Waals surface area contributed by atoms with Crippen molar-refractivity contribution < 1.29 is 14.3 Å². The van der Waals surface area contributed by atoms with Crippen LogP contribution in [0, 0.1) is 6.92 Å². The van der Waals surface area contributed by atoms with Crippen LogP contribution < -0.4 is 10.1 Å². The average molecular weight is 462 g/mol. The van der Waals surface area contributed by atoms with Crippen LogP contribution >= 0.6 is 27.7 Å². The highest BCUT2D eigenvalue weighted by atomic mass is 79.9. The summed E-state index contributed by atoms with van der Waals surface area (Å²) in [6.45, 7) is 5.30. The third kappa shape index (κ3) is 4.94. The van der Waals surface area contributed by atoms with E-state index in [1.807, 2.05) is 49.4 Å². The van der Waals surface area contributed by atoms with Gasteiger partial charge >= 0.3 is 0 Å². The number of thioether (sulfide) groups is 1. The summed E-state index contributed by atoms with van der Waals surface area (Å²) in [5.74, 6) is 0.203. The van der Waals surface area contributed by atoms with E-state index in [-0.39, 0.29) is 11.8 Å². The molecule has 0 fully saturated rings. The fourth-order valence-corrected chi connectivity index (χ4v) is 4.19. The molecule has 1 aliphatic heterocycles. The lowest BCUT2D eigenvalue weighted by atomic mass is 10.1. The van der Waals surface area contributed by atoms with E-state index in [0.29, 0.717) is 17.5 Å². The highest BCUT2D eigenvalue weighted by Crippen LogP contribution is 2.43. The van der Waals surface area contributed by atoms with E-state index < -0.39 is 5.37 Å². The molecule has 1 heterocycles. The van der Waals surface area contributed by atoms with Crippen LogP contribution in [0.3, 0.4) is 0 Å². The molecule has 1 unspecified atom stereocenters. The van der Waals surface area contributed by atoms with Gasteiger partial charge in [0.05, 0.1) is 0 Å². The minimum Gasteiger partial charge on any atom is -0.489 e. The van der Waals surface area contributed by atoms with E-state index in [9.17, 15) is 9.59 Å². The molecule has 1 aliphatic rings. The number of hydrazone groups is 1. The smallest absolute Gasteiger partial charge is 0.241 e. The summed E-state index contributed by atoms with van der Waals surface area (Å²) >= 11 is 4.78. The van der Waals surface area contributed by atoms with Crippen molar-refractivity contribution >= 4 is 44.7 Å². The zero-order chi connectivity index (χ0) is 20.3. The molecule has 0 aliphatic carbocycles. The van der Waals surface area contributed by atoms with Gasteiger partial charge in [-0.2, -0.15) is 0 Å². The lowest BCUT2D eigenvalue weighted by Gasteiger charge is -2.22. The van der Waals surface area contributed by atoms with E-state index in [1.54, 1.807) is 0 Å². The lowest BCUT2D eigenvalue weighted by Crippen LogP contribution is -2.25. The summed E-state index contributed by atoms with van der Waals surface area (Å²) in [5.41, 5.74) is 3.04. The number of nitrogens with zero attached hydrogens (tertiary/aromatic N) is 2.